The second-order valence-electron chi connectivity index (χ2n) is 3.87. The summed E-state index contributed by atoms with van der Waals surface area (Å²) in [5.41, 5.74) is 1.15. The molecule has 0 fully saturated rings. The maximum atomic E-state index is 12.1. The Balaban J connectivity index is 2.08. The van der Waals surface area contributed by atoms with Crippen molar-refractivity contribution in [1.29, 1.82) is 0 Å². The molecule has 16 heavy (non-hydrogen) atoms. The van der Waals surface area contributed by atoms with E-state index in [1.165, 1.54) is 10.8 Å². The molecule has 0 aliphatic rings. The summed E-state index contributed by atoms with van der Waals surface area (Å²) in [6, 6.07) is 14.4. The second-order valence-corrected chi connectivity index (χ2v) is 5.05. The quantitative estimate of drug-likeness (QED) is 0.550. The number of aryl methyl sites for hydroxylation is 1. The van der Waals surface area contributed by atoms with Crippen molar-refractivity contribution < 1.29 is 8.22 Å². The average Bonchev–Trinajstić information content (AvgIpc) is 2.28. The maximum absolute atomic E-state index is 12.1. The zero-order valence-corrected chi connectivity index (χ0v) is 9.92. The van der Waals surface area contributed by atoms with Crippen LogP contribution in [0.25, 0.3) is 10.8 Å². The zero-order valence-electron chi connectivity index (χ0n) is 8.92. The van der Waals surface area contributed by atoms with Crippen LogP contribution in [0.1, 0.15) is 12.0 Å². The molecule has 0 amide bonds. The fourth-order valence-corrected chi connectivity index (χ4v) is 2.26. The number of halogens is 2. The van der Waals surface area contributed by atoms with Gasteiger partial charge in [-0.2, -0.15) is 0 Å². The largest absolute Gasteiger partial charge is 0.476 e. The zero-order chi connectivity index (χ0) is 11.4. The summed E-state index contributed by atoms with van der Waals surface area (Å²) in [6.45, 7) is 0. The van der Waals surface area contributed by atoms with Crippen LogP contribution < -0.4 is 0 Å². The molecule has 0 bridgehead atoms. The topological polar surface area (TPSA) is 0 Å². The highest BCUT2D eigenvalue weighted by Gasteiger charge is 2.08. The van der Waals surface area contributed by atoms with Crippen molar-refractivity contribution in [3.8, 4) is 0 Å². The number of rotatable bonds is 4. The van der Waals surface area contributed by atoms with Crippen molar-refractivity contribution in [3.63, 3.8) is 0 Å². The summed E-state index contributed by atoms with van der Waals surface area (Å²) < 4.78 is 24.2. The highest BCUT2D eigenvalue weighted by Crippen LogP contribution is 2.17. The monoisotopic (exact) mass is 235 g/mol. The van der Waals surface area contributed by atoms with Gasteiger partial charge in [-0.25, -0.2) is 0 Å². The minimum absolute atomic E-state index is 0.0947. The second kappa shape index (κ2) is 5.21. The summed E-state index contributed by atoms with van der Waals surface area (Å²) in [5, 5.41) is 2.39. The molecule has 2 rings (SSSR count). The van der Waals surface area contributed by atoms with Crippen LogP contribution in [-0.4, -0.2) is 9.46 Å². The summed E-state index contributed by atoms with van der Waals surface area (Å²) in [4.78, 5) is 0. The van der Waals surface area contributed by atoms with Crippen molar-refractivity contribution in [2.75, 3.05) is 0 Å². The van der Waals surface area contributed by atoms with Gasteiger partial charge in [0.2, 0.25) is 0 Å². The molecule has 83 valence electrons. The summed E-state index contributed by atoms with van der Waals surface area (Å²) in [6.07, 6.45) is 1.35. The standard InChI is InChI=1S/C13H13F2Si/c14-16(15)9-3-4-11-7-8-12-5-1-2-6-13(12)10-11/h1-2,5-8,10H,3-4,9H2. The first-order valence-electron chi connectivity index (χ1n) is 5.40. The Labute approximate surface area is 95.9 Å². The minimum atomic E-state index is -3.05. The van der Waals surface area contributed by atoms with Crippen molar-refractivity contribution in [2.24, 2.45) is 0 Å². The van der Waals surface area contributed by atoms with E-state index in [2.05, 4.69) is 24.3 Å². The molecule has 2 aromatic carbocycles. The Bertz CT molecular complexity index is 468. The van der Waals surface area contributed by atoms with Gasteiger partial charge in [0.05, 0.1) is 0 Å². The van der Waals surface area contributed by atoms with Gasteiger partial charge < -0.3 is 0 Å². The molecule has 2 aromatic rings. The predicted octanol–water partition coefficient (Wildman–Crippen LogP) is 4.20. The van der Waals surface area contributed by atoms with E-state index in [4.69, 9.17) is 0 Å². The van der Waals surface area contributed by atoms with Gasteiger partial charge in [-0.15, -0.1) is 0 Å². The Morgan fingerprint density at radius 1 is 0.938 bits per heavy atom. The van der Waals surface area contributed by atoms with Crippen molar-refractivity contribution >= 4 is 20.2 Å². The lowest BCUT2D eigenvalue weighted by Gasteiger charge is -2.03. The SMILES string of the molecule is F[Si](F)CCCc1ccc2ccccc2c1. The highest BCUT2D eigenvalue weighted by molar-refractivity contribution is 6.42. The van der Waals surface area contributed by atoms with E-state index >= 15 is 0 Å². The molecule has 0 nitrogen and oxygen atoms in total. The molecule has 0 aromatic heterocycles. The van der Waals surface area contributed by atoms with E-state index in [1.807, 2.05) is 18.2 Å². The molecule has 3 heteroatoms. The molecular formula is C13H13F2Si. The molecule has 0 N–H and O–H groups in total. The molecule has 0 aliphatic carbocycles. The van der Waals surface area contributed by atoms with E-state index in [0.29, 0.717) is 6.42 Å². The number of benzene rings is 2. The van der Waals surface area contributed by atoms with Crippen molar-refractivity contribution in [2.45, 2.75) is 18.9 Å². The van der Waals surface area contributed by atoms with Gasteiger partial charge in [-0.1, -0.05) is 42.5 Å². The summed E-state index contributed by atoms with van der Waals surface area (Å²) in [7, 11) is -3.05. The van der Waals surface area contributed by atoms with Crippen LogP contribution >= 0.6 is 0 Å². The molecule has 1 radical (unpaired) electrons. The smallest absolute Gasteiger partial charge is 0.268 e. The normalized spacial score (nSPS) is 11.2. The van der Waals surface area contributed by atoms with E-state index < -0.39 is 9.46 Å². The maximum Gasteiger partial charge on any atom is 0.476 e. The first kappa shape index (κ1) is 11.3. The first-order chi connectivity index (χ1) is 7.75. The number of hydrogen-bond acceptors (Lipinski definition) is 0. The van der Waals surface area contributed by atoms with Gasteiger partial charge in [-0.3, -0.25) is 8.22 Å². The van der Waals surface area contributed by atoms with Crippen LogP contribution in [0.5, 0.6) is 0 Å². The molecular weight excluding hydrogens is 222 g/mol. The van der Waals surface area contributed by atoms with Crippen LogP contribution in [0, 0.1) is 0 Å². The van der Waals surface area contributed by atoms with E-state index in [-0.39, 0.29) is 6.04 Å². The molecule has 0 saturated carbocycles. The Kier molecular flexibility index (Phi) is 3.67. The van der Waals surface area contributed by atoms with Gasteiger partial charge in [0, 0.05) is 6.04 Å². The van der Waals surface area contributed by atoms with Crippen molar-refractivity contribution in [1.82, 2.24) is 0 Å². The fraction of sp³-hybridized carbons (Fsp3) is 0.231. The third kappa shape index (κ3) is 2.89. The Morgan fingerprint density at radius 2 is 1.69 bits per heavy atom. The number of fused-ring (bicyclic) bond motifs is 1. The van der Waals surface area contributed by atoms with Gasteiger partial charge in [0.1, 0.15) is 0 Å². The van der Waals surface area contributed by atoms with E-state index in [0.717, 1.165) is 12.0 Å². The van der Waals surface area contributed by atoms with Crippen LogP contribution in [0.2, 0.25) is 6.04 Å². The van der Waals surface area contributed by atoms with E-state index in [1.54, 1.807) is 0 Å². The lowest BCUT2D eigenvalue weighted by molar-refractivity contribution is 0.641. The summed E-state index contributed by atoms with van der Waals surface area (Å²) >= 11 is 0. The Hall–Kier alpha value is -1.22. The summed E-state index contributed by atoms with van der Waals surface area (Å²) in [5.74, 6) is 0. The van der Waals surface area contributed by atoms with Gasteiger partial charge in [-0.05, 0) is 29.2 Å². The minimum Gasteiger partial charge on any atom is -0.268 e. The van der Waals surface area contributed by atoms with Crippen molar-refractivity contribution in [3.05, 3.63) is 48.0 Å². The van der Waals surface area contributed by atoms with Crippen LogP contribution in [0.3, 0.4) is 0 Å². The third-order valence-corrected chi connectivity index (χ3v) is 3.38. The molecule has 0 saturated heterocycles. The molecule has 0 unspecified atom stereocenters. The lowest BCUT2D eigenvalue weighted by Crippen LogP contribution is -1.96. The molecule has 0 spiro atoms. The van der Waals surface area contributed by atoms with Crippen LogP contribution in [-0.2, 0) is 6.42 Å². The molecule has 0 heterocycles. The Morgan fingerprint density at radius 3 is 2.44 bits per heavy atom. The highest BCUT2D eigenvalue weighted by atomic mass is 28.4. The fourth-order valence-electron chi connectivity index (χ4n) is 1.82. The average molecular weight is 235 g/mol. The number of hydrogen-bond donors (Lipinski definition) is 0. The molecule has 0 aliphatic heterocycles. The van der Waals surface area contributed by atoms with E-state index in [9.17, 15) is 8.22 Å². The third-order valence-electron chi connectivity index (χ3n) is 2.65. The lowest BCUT2D eigenvalue weighted by atomic mass is 10.0. The van der Waals surface area contributed by atoms with Gasteiger partial charge in [0.15, 0.2) is 0 Å². The van der Waals surface area contributed by atoms with Gasteiger partial charge >= 0.3 is 9.46 Å². The molecule has 0 atom stereocenters. The predicted molar refractivity (Wildman–Crippen MR) is 65.0 cm³/mol. The van der Waals surface area contributed by atoms with Crippen LogP contribution in [0.4, 0.5) is 8.22 Å². The first-order valence-corrected chi connectivity index (χ1v) is 6.86. The van der Waals surface area contributed by atoms with Crippen LogP contribution in [0.15, 0.2) is 42.5 Å². The van der Waals surface area contributed by atoms with Gasteiger partial charge in [0.25, 0.3) is 0 Å².